The van der Waals surface area contributed by atoms with Gasteiger partial charge in [-0.05, 0) is 131 Å². The van der Waals surface area contributed by atoms with Crippen molar-refractivity contribution < 1.29 is 4.42 Å². The lowest BCUT2D eigenvalue weighted by atomic mass is 9.81. The minimum atomic E-state index is -0.153. The molecule has 1 aliphatic rings. The molecule has 0 amide bonds. The molecule has 0 bridgehead atoms. The fourth-order valence-electron chi connectivity index (χ4n) is 10.3. The van der Waals surface area contributed by atoms with Crippen molar-refractivity contribution >= 4 is 54.3 Å². The van der Waals surface area contributed by atoms with Crippen LogP contribution in [-0.2, 0) is 5.41 Å². The van der Waals surface area contributed by atoms with Crippen LogP contribution in [0.15, 0.2) is 211 Å². The topological polar surface area (TPSA) is 38.9 Å². The quantitative estimate of drug-likeness (QED) is 0.174. The van der Waals surface area contributed by atoms with Gasteiger partial charge < -0.3 is 4.42 Å². The van der Waals surface area contributed by atoms with E-state index in [1.165, 1.54) is 65.9 Å². The van der Waals surface area contributed by atoms with E-state index in [0.717, 1.165) is 61.0 Å². The highest BCUT2D eigenvalue weighted by atomic mass is 16.3. The lowest BCUT2D eigenvalue weighted by Gasteiger charge is -2.22. The van der Waals surface area contributed by atoms with Crippen LogP contribution < -0.4 is 0 Å². The molecule has 0 unspecified atom stereocenters. The first-order chi connectivity index (χ1) is 31.4. The molecule has 300 valence electrons. The van der Waals surface area contributed by atoms with Gasteiger partial charge in [-0.2, -0.15) is 0 Å². The zero-order valence-electron chi connectivity index (χ0n) is 35.4. The van der Waals surface area contributed by atoms with E-state index in [1.807, 2.05) is 6.07 Å². The Balaban J connectivity index is 0.901. The maximum Gasteiger partial charge on any atom is 0.160 e. The van der Waals surface area contributed by atoms with E-state index < -0.39 is 0 Å². The van der Waals surface area contributed by atoms with Crippen molar-refractivity contribution in [2.45, 2.75) is 19.3 Å². The lowest BCUT2D eigenvalue weighted by molar-refractivity contribution is 0.661. The lowest BCUT2D eigenvalue weighted by Crippen LogP contribution is -2.14. The average molecular weight is 817 g/mol. The average Bonchev–Trinajstić information content (AvgIpc) is 3.82. The molecule has 13 rings (SSSR count). The molecule has 3 nitrogen and oxygen atoms in total. The number of nitrogens with zero attached hydrogens (tertiary/aromatic N) is 2. The van der Waals surface area contributed by atoms with Crippen molar-refractivity contribution in [3.63, 3.8) is 0 Å². The molecule has 0 saturated carbocycles. The van der Waals surface area contributed by atoms with Gasteiger partial charge in [0.05, 0.1) is 11.4 Å². The largest absolute Gasteiger partial charge is 0.456 e. The molecule has 0 atom stereocenters. The summed E-state index contributed by atoms with van der Waals surface area (Å²) < 4.78 is 6.43. The van der Waals surface area contributed by atoms with Gasteiger partial charge in [0.2, 0.25) is 0 Å². The molecule has 12 aromatic rings. The highest BCUT2D eigenvalue weighted by Crippen LogP contribution is 2.53. The summed E-state index contributed by atoms with van der Waals surface area (Å²) >= 11 is 0. The van der Waals surface area contributed by atoms with Crippen molar-refractivity contribution in [2.24, 2.45) is 0 Å². The molecule has 0 spiro atoms. The van der Waals surface area contributed by atoms with Crippen LogP contribution in [0.3, 0.4) is 0 Å². The maximum absolute atomic E-state index is 6.43. The van der Waals surface area contributed by atoms with Crippen LogP contribution in [-0.4, -0.2) is 9.97 Å². The van der Waals surface area contributed by atoms with Crippen molar-refractivity contribution in [2.75, 3.05) is 0 Å². The fraction of sp³-hybridized carbons (Fsp3) is 0.0492. The minimum absolute atomic E-state index is 0.153. The third-order valence-corrected chi connectivity index (χ3v) is 13.6. The standard InChI is InChI=1S/C61H40N2O/c1-61(2)52-23-11-22-49(58(52)50-32-39-15-6-8-17-41(39)34-53(50)61)55-36-54(62-60(63-55)37-13-4-3-5-14-37)47-28-27-44-29-43(25-26-45(44)31-47)38-19-10-20-46(30-38)48-21-12-24-56-59(48)51-33-40-16-7-9-18-42(40)35-57(51)64-56/h3-36H,1-2H3. The van der Waals surface area contributed by atoms with Gasteiger partial charge >= 0.3 is 0 Å². The molecular formula is C61H40N2O. The van der Waals surface area contributed by atoms with Gasteiger partial charge in [-0.1, -0.05) is 166 Å². The molecule has 3 heteroatoms. The second kappa shape index (κ2) is 13.9. The van der Waals surface area contributed by atoms with Crippen LogP contribution in [0.1, 0.15) is 25.0 Å². The van der Waals surface area contributed by atoms with Gasteiger partial charge in [-0.15, -0.1) is 0 Å². The minimum Gasteiger partial charge on any atom is -0.456 e. The normalized spacial score (nSPS) is 13.0. The van der Waals surface area contributed by atoms with E-state index in [0.29, 0.717) is 5.82 Å². The Kier molecular flexibility index (Phi) is 7.95. The molecule has 1 aliphatic carbocycles. The van der Waals surface area contributed by atoms with Gasteiger partial charge in [0.15, 0.2) is 5.82 Å². The Morgan fingerprint density at radius 2 is 0.953 bits per heavy atom. The molecule has 0 saturated heterocycles. The number of hydrogen-bond donors (Lipinski definition) is 0. The van der Waals surface area contributed by atoms with Crippen molar-refractivity contribution in [1.82, 2.24) is 9.97 Å². The number of aromatic nitrogens is 2. The second-order valence-corrected chi connectivity index (χ2v) is 17.8. The monoisotopic (exact) mass is 816 g/mol. The van der Waals surface area contributed by atoms with Crippen molar-refractivity contribution in [3.8, 4) is 67.3 Å². The van der Waals surface area contributed by atoms with Crippen LogP contribution >= 0.6 is 0 Å². The second-order valence-electron chi connectivity index (χ2n) is 17.8. The summed E-state index contributed by atoms with van der Waals surface area (Å²) in [6.07, 6.45) is 0. The Morgan fingerprint density at radius 3 is 1.77 bits per heavy atom. The number of rotatable bonds is 5. The van der Waals surface area contributed by atoms with Crippen molar-refractivity contribution in [1.29, 1.82) is 0 Å². The molecule has 0 aliphatic heterocycles. The number of benzene rings is 10. The highest BCUT2D eigenvalue weighted by Gasteiger charge is 2.37. The van der Waals surface area contributed by atoms with E-state index >= 15 is 0 Å². The number of hydrogen-bond acceptors (Lipinski definition) is 3. The van der Waals surface area contributed by atoms with E-state index in [4.69, 9.17) is 14.4 Å². The third-order valence-electron chi connectivity index (χ3n) is 13.6. The van der Waals surface area contributed by atoms with Crippen LogP contribution in [0.2, 0.25) is 0 Å². The van der Waals surface area contributed by atoms with Crippen LogP contribution in [0.4, 0.5) is 0 Å². The van der Waals surface area contributed by atoms with Crippen molar-refractivity contribution in [3.05, 3.63) is 217 Å². The molecule has 64 heavy (non-hydrogen) atoms. The maximum atomic E-state index is 6.43. The Labute approximate surface area is 371 Å². The Hall–Kier alpha value is -8.14. The van der Waals surface area contributed by atoms with E-state index in [-0.39, 0.29) is 5.41 Å². The van der Waals surface area contributed by atoms with E-state index in [1.54, 1.807) is 0 Å². The summed E-state index contributed by atoms with van der Waals surface area (Å²) in [5.41, 5.74) is 16.5. The molecule has 0 N–H and O–H groups in total. The van der Waals surface area contributed by atoms with Crippen LogP contribution in [0.25, 0.3) is 122 Å². The highest BCUT2D eigenvalue weighted by molar-refractivity contribution is 6.15. The summed E-state index contributed by atoms with van der Waals surface area (Å²) in [4.78, 5) is 10.6. The van der Waals surface area contributed by atoms with Gasteiger partial charge in [0.1, 0.15) is 11.2 Å². The molecule has 2 heterocycles. The van der Waals surface area contributed by atoms with Gasteiger partial charge in [-0.25, -0.2) is 9.97 Å². The van der Waals surface area contributed by atoms with E-state index in [2.05, 4.69) is 214 Å². The molecule has 10 aromatic carbocycles. The molecule has 0 radical (unpaired) electrons. The fourth-order valence-corrected chi connectivity index (χ4v) is 10.3. The first kappa shape index (κ1) is 36.5. The summed E-state index contributed by atoms with van der Waals surface area (Å²) in [6, 6.07) is 74.3. The Morgan fingerprint density at radius 1 is 0.359 bits per heavy atom. The Bertz CT molecular complexity index is 3880. The molecule has 2 aromatic heterocycles. The zero-order valence-corrected chi connectivity index (χ0v) is 35.4. The predicted octanol–water partition coefficient (Wildman–Crippen LogP) is 16.5. The molecular weight excluding hydrogens is 777 g/mol. The summed E-state index contributed by atoms with van der Waals surface area (Å²) in [7, 11) is 0. The number of fused-ring (bicyclic) bond motifs is 9. The summed E-state index contributed by atoms with van der Waals surface area (Å²) in [5.74, 6) is 0.712. The summed E-state index contributed by atoms with van der Waals surface area (Å²) in [6.45, 7) is 4.69. The first-order valence-corrected chi connectivity index (χ1v) is 22.0. The smallest absolute Gasteiger partial charge is 0.160 e. The SMILES string of the molecule is CC1(C)c2cc3ccccc3cc2-c2c(-c3cc(-c4ccc5cc(-c6cccc(-c7cccc8oc9cc%10ccccc%10cc9c78)c6)ccc5c4)nc(-c4ccccc4)n3)cccc21. The first-order valence-electron chi connectivity index (χ1n) is 22.0. The summed E-state index contributed by atoms with van der Waals surface area (Å²) in [5, 5.41) is 9.51. The number of furan rings is 1. The predicted molar refractivity (Wildman–Crippen MR) is 267 cm³/mol. The van der Waals surface area contributed by atoms with Gasteiger partial charge in [-0.3, -0.25) is 0 Å². The van der Waals surface area contributed by atoms with Crippen LogP contribution in [0.5, 0.6) is 0 Å². The van der Waals surface area contributed by atoms with Crippen LogP contribution in [0, 0.1) is 0 Å². The third kappa shape index (κ3) is 5.74. The van der Waals surface area contributed by atoms with Gasteiger partial charge in [0.25, 0.3) is 0 Å². The molecule has 0 fully saturated rings. The van der Waals surface area contributed by atoms with Gasteiger partial charge in [0, 0.05) is 32.9 Å². The van der Waals surface area contributed by atoms with E-state index in [9.17, 15) is 0 Å². The zero-order chi connectivity index (χ0) is 42.5.